The Morgan fingerprint density at radius 3 is 1.65 bits per heavy atom. The van der Waals surface area contributed by atoms with Crippen molar-refractivity contribution < 1.29 is 23.6 Å². The van der Waals surface area contributed by atoms with Crippen LogP contribution in [0.2, 0.25) is 0 Å². The number of rotatable bonds is 16. The number of benzene rings is 4. The first-order valence-corrected chi connectivity index (χ1v) is 21.7. The van der Waals surface area contributed by atoms with Crippen LogP contribution in [0.3, 0.4) is 0 Å². The minimum absolute atomic E-state index is 0.0319. The minimum atomic E-state index is -0.561. The number of hydrogen-bond donors (Lipinski definition) is 2. The van der Waals surface area contributed by atoms with Gasteiger partial charge in [0, 0.05) is 35.4 Å². The molecular weight excluding hydrogens is 753 g/mol. The molecule has 60 heavy (non-hydrogen) atoms. The van der Waals surface area contributed by atoms with Gasteiger partial charge in [-0.25, -0.2) is 0 Å². The van der Waals surface area contributed by atoms with Crippen LogP contribution in [0.15, 0.2) is 114 Å². The molecular formula is C49H58N6O5. The molecule has 4 atom stereocenters. The SMILES string of the molecule is CCCN(CC)[C@@H](C(=O)N1CCC[C@H]1C(=O)Nc1ccc(-c2cc3cc(NC(=O)[C@@H]4CCCN4C(=O)[C@@H](c4ccccc4)N(CC)CC)ccc3o2)cc1)c1ccccc1. The van der Waals surface area contributed by atoms with Crippen molar-refractivity contribution in [3.63, 3.8) is 0 Å². The Kier molecular flexibility index (Phi) is 13.8. The summed E-state index contributed by atoms with van der Waals surface area (Å²) in [5, 5.41) is 6.96. The van der Waals surface area contributed by atoms with E-state index in [2.05, 4.69) is 48.1 Å². The summed E-state index contributed by atoms with van der Waals surface area (Å²) in [4.78, 5) is 63.7. The van der Waals surface area contributed by atoms with Crippen molar-refractivity contribution in [3.8, 4) is 11.3 Å². The second-order valence-corrected chi connectivity index (χ2v) is 15.8. The summed E-state index contributed by atoms with van der Waals surface area (Å²) in [6.45, 7) is 12.3. The highest BCUT2D eigenvalue weighted by Crippen LogP contribution is 2.33. The first-order valence-electron chi connectivity index (χ1n) is 21.7. The molecule has 0 radical (unpaired) electrons. The zero-order valence-electron chi connectivity index (χ0n) is 35.3. The highest BCUT2D eigenvalue weighted by atomic mass is 16.3. The van der Waals surface area contributed by atoms with Gasteiger partial charge in [-0.1, -0.05) is 88.4 Å². The summed E-state index contributed by atoms with van der Waals surface area (Å²) >= 11 is 0. The molecule has 0 saturated carbocycles. The molecule has 0 aliphatic carbocycles. The van der Waals surface area contributed by atoms with Crippen LogP contribution in [0, 0.1) is 0 Å². The molecule has 2 aliphatic rings. The Bertz CT molecular complexity index is 2240. The topological polar surface area (TPSA) is 118 Å². The zero-order chi connectivity index (χ0) is 42.2. The highest BCUT2D eigenvalue weighted by Gasteiger charge is 2.41. The number of amides is 4. The Morgan fingerprint density at radius 1 is 0.633 bits per heavy atom. The van der Waals surface area contributed by atoms with Crippen LogP contribution in [0.25, 0.3) is 22.3 Å². The van der Waals surface area contributed by atoms with Gasteiger partial charge in [0.1, 0.15) is 35.5 Å². The van der Waals surface area contributed by atoms with Gasteiger partial charge in [0.05, 0.1) is 0 Å². The molecule has 2 saturated heterocycles. The summed E-state index contributed by atoms with van der Waals surface area (Å²) < 4.78 is 6.22. The van der Waals surface area contributed by atoms with Crippen LogP contribution in [0.5, 0.6) is 0 Å². The van der Waals surface area contributed by atoms with Crippen molar-refractivity contribution in [1.29, 1.82) is 0 Å². The van der Waals surface area contributed by atoms with Crippen molar-refractivity contribution in [2.75, 3.05) is 49.9 Å². The van der Waals surface area contributed by atoms with Crippen LogP contribution >= 0.6 is 0 Å². The number of nitrogens with zero attached hydrogens (tertiary/aromatic N) is 4. The fourth-order valence-corrected chi connectivity index (χ4v) is 8.99. The average Bonchev–Trinajstić information content (AvgIpc) is 4.07. The van der Waals surface area contributed by atoms with E-state index in [0.717, 1.165) is 67.5 Å². The third-order valence-corrected chi connectivity index (χ3v) is 12.1. The lowest BCUT2D eigenvalue weighted by Gasteiger charge is -2.34. The van der Waals surface area contributed by atoms with Gasteiger partial charge in [-0.2, -0.15) is 0 Å². The van der Waals surface area contributed by atoms with Gasteiger partial charge in [-0.05, 0) is 118 Å². The van der Waals surface area contributed by atoms with E-state index < -0.39 is 24.2 Å². The van der Waals surface area contributed by atoms with Crippen LogP contribution in [0.1, 0.15) is 83.0 Å². The number of carbonyl (C=O) groups excluding carboxylic acids is 4. The van der Waals surface area contributed by atoms with Crippen LogP contribution in [-0.4, -0.2) is 94.6 Å². The van der Waals surface area contributed by atoms with Gasteiger partial charge in [0.2, 0.25) is 23.6 Å². The van der Waals surface area contributed by atoms with E-state index in [1.807, 2.05) is 109 Å². The third-order valence-electron chi connectivity index (χ3n) is 12.1. The number of furan rings is 1. The second-order valence-electron chi connectivity index (χ2n) is 15.8. The number of hydrogen-bond acceptors (Lipinski definition) is 7. The predicted octanol–water partition coefficient (Wildman–Crippen LogP) is 8.52. The van der Waals surface area contributed by atoms with E-state index in [4.69, 9.17) is 4.42 Å². The summed E-state index contributed by atoms with van der Waals surface area (Å²) in [5.41, 5.74) is 4.64. The molecule has 11 heteroatoms. The third kappa shape index (κ3) is 9.17. The molecule has 5 aromatic rings. The Morgan fingerprint density at radius 2 is 1.13 bits per heavy atom. The summed E-state index contributed by atoms with van der Waals surface area (Å²) in [7, 11) is 0. The van der Waals surface area contributed by atoms with E-state index >= 15 is 0 Å². The predicted molar refractivity (Wildman–Crippen MR) is 237 cm³/mol. The van der Waals surface area contributed by atoms with Crippen LogP contribution in [0.4, 0.5) is 11.4 Å². The highest BCUT2D eigenvalue weighted by molar-refractivity contribution is 6.00. The number of anilines is 2. The molecule has 1 aromatic heterocycles. The molecule has 4 aromatic carbocycles. The van der Waals surface area contributed by atoms with Gasteiger partial charge < -0.3 is 24.9 Å². The fourth-order valence-electron chi connectivity index (χ4n) is 8.99. The summed E-state index contributed by atoms with van der Waals surface area (Å²) in [6, 6.07) is 32.6. The van der Waals surface area contributed by atoms with E-state index in [0.29, 0.717) is 48.6 Å². The molecule has 2 fully saturated rings. The normalized spacial score (nSPS) is 17.6. The van der Waals surface area contributed by atoms with Gasteiger partial charge in [0.15, 0.2) is 0 Å². The monoisotopic (exact) mass is 810 g/mol. The van der Waals surface area contributed by atoms with Gasteiger partial charge in [0.25, 0.3) is 0 Å². The quantitative estimate of drug-likeness (QED) is 0.103. The number of fused-ring (bicyclic) bond motifs is 1. The number of nitrogens with one attached hydrogen (secondary N) is 2. The molecule has 0 bridgehead atoms. The standard InChI is InChI=1S/C49H58N6O5/c1-5-29-53(8-4)45(36-19-13-10-14-20-36)49(59)55-31-15-21-40(55)46(56)50-38-25-23-34(24-26-38)43-33-37-32-39(27-28-42(37)60-43)51-47(57)41-22-16-30-54(41)48(58)44(52(6-2)7-3)35-17-11-9-12-18-35/h9-14,17-20,23-28,32-33,40-41,44-45H,5-8,15-16,21-22,29-31H2,1-4H3,(H,50,56)(H,51,57)/t40-,41-,44+,45+/m0/s1. The van der Waals surface area contributed by atoms with Gasteiger partial charge in [-0.15, -0.1) is 0 Å². The van der Waals surface area contributed by atoms with E-state index in [-0.39, 0.29) is 23.6 Å². The molecule has 314 valence electrons. The Balaban J connectivity index is 1.00. The molecule has 7 rings (SSSR count). The lowest BCUT2D eigenvalue weighted by molar-refractivity contribution is -0.141. The van der Waals surface area contributed by atoms with E-state index in [9.17, 15) is 19.2 Å². The van der Waals surface area contributed by atoms with Crippen molar-refractivity contribution in [1.82, 2.24) is 19.6 Å². The summed E-state index contributed by atoms with van der Waals surface area (Å²) in [6.07, 6.45) is 3.68. The number of carbonyl (C=O) groups is 4. The van der Waals surface area contributed by atoms with Crippen LogP contribution < -0.4 is 10.6 Å². The first-order chi connectivity index (χ1) is 29.2. The zero-order valence-corrected chi connectivity index (χ0v) is 35.3. The minimum Gasteiger partial charge on any atom is -0.456 e. The van der Waals surface area contributed by atoms with E-state index in [1.165, 1.54) is 0 Å². The molecule has 3 heterocycles. The van der Waals surface area contributed by atoms with Gasteiger partial charge in [-0.3, -0.25) is 29.0 Å². The molecule has 2 N–H and O–H groups in total. The van der Waals surface area contributed by atoms with Crippen molar-refractivity contribution >= 4 is 46.0 Å². The molecule has 11 nitrogen and oxygen atoms in total. The maximum Gasteiger partial charge on any atom is 0.247 e. The largest absolute Gasteiger partial charge is 0.456 e. The molecule has 2 aliphatic heterocycles. The first kappa shape index (κ1) is 42.3. The second kappa shape index (κ2) is 19.5. The van der Waals surface area contributed by atoms with Crippen molar-refractivity contribution in [2.24, 2.45) is 0 Å². The average molecular weight is 811 g/mol. The lowest BCUT2D eigenvalue weighted by Crippen LogP contribution is -2.48. The number of likely N-dealkylation sites (N-methyl/N-ethyl adjacent to an activating group) is 2. The lowest BCUT2D eigenvalue weighted by atomic mass is 10.0. The maximum atomic E-state index is 14.2. The summed E-state index contributed by atoms with van der Waals surface area (Å²) in [5.74, 6) is 0.178. The number of likely N-dealkylation sites (tertiary alicyclic amines) is 2. The molecule has 4 amide bonds. The Labute approximate surface area is 353 Å². The Hall–Kier alpha value is -5.78. The maximum absolute atomic E-state index is 14.2. The van der Waals surface area contributed by atoms with Crippen molar-refractivity contribution in [2.45, 2.75) is 84.0 Å². The molecule has 0 spiro atoms. The smallest absolute Gasteiger partial charge is 0.247 e. The van der Waals surface area contributed by atoms with Crippen LogP contribution in [-0.2, 0) is 19.2 Å². The van der Waals surface area contributed by atoms with Crippen molar-refractivity contribution in [3.05, 3.63) is 120 Å². The van der Waals surface area contributed by atoms with Gasteiger partial charge >= 0.3 is 0 Å². The molecule has 0 unspecified atom stereocenters. The fraction of sp³-hybridized carbons (Fsp3) is 0.388. The van der Waals surface area contributed by atoms with E-state index in [1.54, 1.807) is 9.80 Å².